The van der Waals surface area contributed by atoms with Crippen LogP contribution in [0.25, 0.3) is 0 Å². The van der Waals surface area contributed by atoms with Crippen molar-refractivity contribution >= 4 is 11.6 Å². The summed E-state index contributed by atoms with van der Waals surface area (Å²) in [6, 6.07) is 6.95. The molecule has 1 amide bonds. The molecule has 0 saturated carbocycles. The van der Waals surface area contributed by atoms with Crippen molar-refractivity contribution in [3.05, 3.63) is 29.8 Å². The highest BCUT2D eigenvalue weighted by molar-refractivity contribution is 5.98. The van der Waals surface area contributed by atoms with E-state index >= 15 is 0 Å². The number of nitrogens with one attached hydrogen (secondary N) is 1. The summed E-state index contributed by atoms with van der Waals surface area (Å²) in [6.45, 7) is 1.68. The first-order valence-electron chi connectivity index (χ1n) is 4.80. The van der Waals surface area contributed by atoms with E-state index in [2.05, 4.69) is 10.5 Å². The minimum atomic E-state index is -0.183. The lowest BCUT2D eigenvalue weighted by molar-refractivity contribution is -0.122. The number of benzene rings is 1. The van der Waals surface area contributed by atoms with Crippen LogP contribution in [0.15, 0.2) is 29.4 Å². The second-order valence-corrected chi connectivity index (χ2v) is 3.17. The van der Waals surface area contributed by atoms with Crippen LogP contribution in [-0.4, -0.2) is 30.5 Å². The summed E-state index contributed by atoms with van der Waals surface area (Å²) in [7, 11) is 1.55. The number of rotatable bonds is 4. The van der Waals surface area contributed by atoms with Gasteiger partial charge < -0.3 is 15.3 Å². The van der Waals surface area contributed by atoms with Crippen LogP contribution in [0.5, 0.6) is 5.75 Å². The van der Waals surface area contributed by atoms with E-state index in [0.717, 1.165) is 5.56 Å². The zero-order valence-corrected chi connectivity index (χ0v) is 9.23. The third kappa shape index (κ3) is 3.27. The fourth-order valence-electron chi connectivity index (χ4n) is 1.07. The molecule has 0 radical (unpaired) electrons. The van der Waals surface area contributed by atoms with Crippen LogP contribution in [0.1, 0.15) is 12.5 Å². The van der Waals surface area contributed by atoms with Crippen LogP contribution in [0.4, 0.5) is 0 Å². The van der Waals surface area contributed by atoms with Crippen LogP contribution in [-0.2, 0) is 4.79 Å². The number of carbonyl (C=O) groups excluding carboxylic acids is 1. The fourth-order valence-corrected chi connectivity index (χ4v) is 1.07. The number of ether oxygens (including phenoxy) is 1. The van der Waals surface area contributed by atoms with Crippen LogP contribution >= 0.6 is 0 Å². The Bertz CT molecular complexity index is 385. The number of oxime groups is 1. The number of hydrogen-bond donors (Lipinski definition) is 2. The summed E-state index contributed by atoms with van der Waals surface area (Å²) in [5, 5.41) is 14.1. The van der Waals surface area contributed by atoms with Gasteiger partial charge in [-0.05, 0) is 36.8 Å². The zero-order valence-electron chi connectivity index (χ0n) is 9.23. The smallest absolute Gasteiger partial charge is 0.257 e. The molecule has 16 heavy (non-hydrogen) atoms. The topological polar surface area (TPSA) is 70.9 Å². The molecule has 2 N–H and O–H groups in total. The van der Waals surface area contributed by atoms with Gasteiger partial charge in [-0.3, -0.25) is 4.79 Å². The van der Waals surface area contributed by atoms with Gasteiger partial charge in [0.25, 0.3) is 5.91 Å². The Kier molecular flexibility index (Phi) is 4.32. The molecule has 0 atom stereocenters. The first kappa shape index (κ1) is 12.0. The highest BCUT2D eigenvalue weighted by Crippen LogP contribution is 2.12. The second-order valence-electron chi connectivity index (χ2n) is 3.17. The van der Waals surface area contributed by atoms with E-state index in [0.29, 0.717) is 11.5 Å². The number of nitrogens with zero attached hydrogens (tertiary/aromatic N) is 1. The monoisotopic (exact) mass is 222 g/mol. The van der Waals surface area contributed by atoms with Crippen LogP contribution in [0, 0.1) is 0 Å². The van der Waals surface area contributed by atoms with Crippen molar-refractivity contribution in [3.63, 3.8) is 0 Å². The summed E-state index contributed by atoms with van der Waals surface area (Å²) in [5.41, 5.74) is 1.33. The molecule has 5 nitrogen and oxygen atoms in total. The van der Waals surface area contributed by atoms with Crippen molar-refractivity contribution < 1.29 is 14.7 Å². The number of amides is 1. The Morgan fingerprint density at radius 1 is 1.44 bits per heavy atom. The molecule has 0 saturated heterocycles. The maximum absolute atomic E-state index is 10.9. The molecule has 0 bridgehead atoms. The van der Waals surface area contributed by atoms with Gasteiger partial charge in [-0.1, -0.05) is 5.16 Å². The standard InChI is InChI=1S/C11H14N2O3/c1-8(13-15)9-3-5-10(6-4-9)16-7-11(14)12-2/h3-6,15H,7H2,1-2H3,(H,12,14)/b13-8+. The van der Waals surface area contributed by atoms with Crippen molar-refractivity contribution in [2.24, 2.45) is 5.16 Å². The molecule has 0 fully saturated rings. The molecule has 0 unspecified atom stereocenters. The predicted molar refractivity (Wildman–Crippen MR) is 60.0 cm³/mol. The predicted octanol–water partition coefficient (Wildman–Crippen LogP) is 1.01. The average molecular weight is 222 g/mol. The second kappa shape index (κ2) is 5.75. The molecule has 0 spiro atoms. The number of hydrogen-bond acceptors (Lipinski definition) is 4. The van der Waals surface area contributed by atoms with Gasteiger partial charge in [0.2, 0.25) is 0 Å². The van der Waals surface area contributed by atoms with Gasteiger partial charge in [0.15, 0.2) is 6.61 Å². The average Bonchev–Trinajstić information content (AvgIpc) is 2.35. The van der Waals surface area contributed by atoms with Crippen molar-refractivity contribution in [2.75, 3.05) is 13.7 Å². The maximum Gasteiger partial charge on any atom is 0.257 e. The molecule has 0 aliphatic rings. The minimum absolute atomic E-state index is 0.0110. The lowest BCUT2D eigenvalue weighted by atomic mass is 10.1. The van der Waals surface area contributed by atoms with E-state index < -0.39 is 0 Å². The van der Waals surface area contributed by atoms with Crippen molar-refractivity contribution in [3.8, 4) is 5.75 Å². The summed E-state index contributed by atoms with van der Waals surface area (Å²) in [6.07, 6.45) is 0. The Labute approximate surface area is 93.7 Å². The van der Waals surface area contributed by atoms with Gasteiger partial charge >= 0.3 is 0 Å². The highest BCUT2D eigenvalue weighted by Gasteiger charge is 2.01. The molecule has 0 heterocycles. The number of carbonyl (C=O) groups is 1. The molecule has 86 valence electrons. The van der Waals surface area contributed by atoms with Gasteiger partial charge in [-0.15, -0.1) is 0 Å². The quantitative estimate of drug-likeness (QED) is 0.453. The first-order chi connectivity index (χ1) is 7.67. The summed E-state index contributed by atoms with van der Waals surface area (Å²) in [5.74, 6) is 0.412. The highest BCUT2D eigenvalue weighted by atomic mass is 16.5. The van der Waals surface area contributed by atoms with Crippen LogP contribution in [0.3, 0.4) is 0 Å². The Morgan fingerprint density at radius 2 is 2.06 bits per heavy atom. The van der Waals surface area contributed by atoms with Gasteiger partial charge in [0, 0.05) is 7.05 Å². The molecular formula is C11H14N2O3. The summed E-state index contributed by atoms with van der Waals surface area (Å²) < 4.78 is 5.21. The molecule has 1 aromatic rings. The molecule has 0 aromatic heterocycles. The first-order valence-corrected chi connectivity index (χ1v) is 4.80. The van der Waals surface area contributed by atoms with Crippen molar-refractivity contribution in [1.82, 2.24) is 5.32 Å². The van der Waals surface area contributed by atoms with Crippen LogP contribution in [0.2, 0.25) is 0 Å². The van der Waals surface area contributed by atoms with E-state index in [9.17, 15) is 4.79 Å². The van der Waals surface area contributed by atoms with E-state index in [-0.39, 0.29) is 12.5 Å². The molecule has 1 rings (SSSR count). The van der Waals surface area contributed by atoms with E-state index in [4.69, 9.17) is 9.94 Å². The zero-order chi connectivity index (χ0) is 12.0. The van der Waals surface area contributed by atoms with Crippen molar-refractivity contribution in [1.29, 1.82) is 0 Å². The molecule has 1 aromatic carbocycles. The minimum Gasteiger partial charge on any atom is -0.484 e. The third-order valence-electron chi connectivity index (χ3n) is 2.07. The number of likely N-dealkylation sites (N-methyl/N-ethyl adjacent to an activating group) is 1. The van der Waals surface area contributed by atoms with Gasteiger partial charge in [0.05, 0.1) is 5.71 Å². The maximum atomic E-state index is 10.9. The lowest BCUT2D eigenvalue weighted by Crippen LogP contribution is -2.24. The lowest BCUT2D eigenvalue weighted by Gasteiger charge is -2.05. The largest absolute Gasteiger partial charge is 0.484 e. The Balaban J connectivity index is 2.61. The van der Waals surface area contributed by atoms with Gasteiger partial charge in [-0.2, -0.15) is 0 Å². The van der Waals surface area contributed by atoms with E-state index in [1.54, 1.807) is 38.2 Å². The Morgan fingerprint density at radius 3 is 2.56 bits per heavy atom. The summed E-state index contributed by atoms with van der Waals surface area (Å²) in [4.78, 5) is 10.9. The molecule has 0 aliphatic heterocycles. The van der Waals surface area contributed by atoms with Crippen LogP contribution < -0.4 is 10.1 Å². The third-order valence-corrected chi connectivity index (χ3v) is 2.07. The molecule has 5 heteroatoms. The van der Waals surface area contributed by atoms with E-state index in [1.165, 1.54) is 0 Å². The van der Waals surface area contributed by atoms with Gasteiger partial charge in [0.1, 0.15) is 5.75 Å². The van der Waals surface area contributed by atoms with E-state index in [1.807, 2.05) is 0 Å². The normalized spacial score (nSPS) is 11.0. The SMILES string of the molecule is CNC(=O)COc1ccc(/C(C)=N/O)cc1. The molecular weight excluding hydrogens is 208 g/mol. The Hall–Kier alpha value is -2.04. The summed E-state index contributed by atoms with van der Waals surface area (Å²) >= 11 is 0. The van der Waals surface area contributed by atoms with Crippen molar-refractivity contribution in [2.45, 2.75) is 6.92 Å². The fraction of sp³-hybridized carbons (Fsp3) is 0.273. The molecule has 0 aliphatic carbocycles. The van der Waals surface area contributed by atoms with Gasteiger partial charge in [-0.25, -0.2) is 0 Å².